The number of hydrogen-bond donors (Lipinski definition) is 0. The van der Waals surface area contributed by atoms with Crippen LogP contribution in [0.3, 0.4) is 0 Å². The number of non-ortho nitro benzene ring substituents is 1. The van der Waals surface area contributed by atoms with Crippen molar-refractivity contribution < 1.29 is 14.5 Å². The molecule has 8 heteroatoms. The second-order valence-corrected chi connectivity index (χ2v) is 9.91. The fourth-order valence-electron chi connectivity index (χ4n) is 4.51. The molecule has 1 aromatic carbocycles. The normalized spacial score (nSPS) is 17.8. The van der Waals surface area contributed by atoms with E-state index in [9.17, 15) is 19.7 Å². The molecule has 2 heterocycles. The number of unbranched alkanes of at least 4 members (excludes halogenated alkanes) is 5. The first-order valence-corrected chi connectivity index (χ1v) is 12.4. The van der Waals surface area contributed by atoms with Gasteiger partial charge in [0.25, 0.3) is 11.6 Å². The van der Waals surface area contributed by atoms with Crippen LogP contribution in [0.5, 0.6) is 0 Å². The predicted molar refractivity (Wildman–Crippen MR) is 123 cm³/mol. The van der Waals surface area contributed by atoms with Gasteiger partial charge in [0.15, 0.2) is 0 Å². The van der Waals surface area contributed by atoms with Crippen LogP contribution >= 0.6 is 11.8 Å². The number of rotatable bonds is 9. The monoisotopic (exact) mass is 447 g/mol. The zero-order valence-electron chi connectivity index (χ0n) is 18.4. The molecule has 0 saturated carbocycles. The van der Waals surface area contributed by atoms with Crippen molar-refractivity contribution in [2.45, 2.75) is 69.6 Å². The molecule has 2 aliphatic rings. The van der Waals surface area contributed by atoms with E-state index >= 15 is 0 Å². The van der Waals surface area contributed by atoms with Gasteiger partial charge < -0.3 is 9.80 Å². The van der Waals surface area contributed by atoms with Gasteiger partial charge in [0, 0.05) is 49.5 Å². The van der Waals surface area contributed by atoms with Crippen LogP contribution < -0.4 is 0 Å². The van der Waals surface area contributed by atoms with E-state index in [1.807, 2.05) is 9.80 Å². The van der Waals surface area contributed by atoms with Crippen LogP contribution in [0.1, 0.15) is 75.1 Å². The number of nitro groups is 1. The van der Waals surface area contributed by atoms with Gasteiger partial charge in [0.05, 0.1) is 9.79 Å². The molecule has 2 amide bonds. The van der Waals surface area contributed by atoms with Gasteiger partial charge in [-0.2, -0.15) is 0 Å². The average Bonchev–Trinajstić information content (AvgIpc) is 3.18. The molecular weight excluding hydrogens is 414 g/mol. The molecule has 2 saturated heterocycles. The van der Waals surface area contributed by atoms with E-state index < -0.39 is 4.92 Å². The van der Waals surface area contributed by atoms with Crippen LogP contribution in [-0.2, 0) is 4.79 Å². The minimum atomic E-state index is -0.459. The lowest BCUT2D eigenvalue weighted by Crippen LogP contribution is -2.53. The smallest absolute Gasteiger partial charge is 0.269 e. The summed E-state index contributed by atoms with van der Waals surface area (Å²) in [6.07, 6.45) is 9.23. The van der Waals surface area contributed by atoms with E-state index in [0.717, 1.165) is 31.4 Å². The van der Waals surface area contributed by atoms with Crippen LogP contribution in [0.4, 0.5) is 5.69 Å². The summed E-state index contributed by atoms with van der Waals surface area (Å²) in [5.74, 6) is 1.04. The van der Waals surface area contributed by atoms with Crippen LogP contribution in [-0.4, -0.2) is 56.8 Å². The number of thioether (sulfide) groups is 1. The topological polar surface area (TPSA) is 83.8 Å². The third kappa shape index (κ3) is 5.79. The van der Waals surface area contributed by atoms with Crippen molar-refractivity contribution in [2.24, 2.45) is 0 Å². The van der Waals surface area contributed by atoms with Crippen LogP contribution in [0, 0.1) is 10.1 Å². The standard InChI is InChI=1S/C23H33N3O4S/c1-2-3-4-5-6-7-8-21(27)24-15-13-23(14-16-24)25(17-18-31-23)22(28)19-9-11-20(12-10-19)26(29)30/h9-12H,2-8,13-18H2,1H3. The van der Waals surface area contributed by atoms with E-state index in [1.54, 1.807) is 11.8 Å². The van der Waals surface area contributed by atoms with E-state index in [0.29, 0.717) is 31.6 Å². The highest BCUT2D eigenvalue weighted by Gasteiger charge is 2.47. The molecule has 0 atom stereocenters. The zero-order chi connectivity index (χ0) is 22.3. The van der Waals surface area contributed by atoms with Crippen molar-refractivity contribution in [1.29, 1.82) is 0 Å². The van der Waals surface area contributed by atoms with Gasteiger partial charge in [0.2, 0.25) is 5.91 Å². The summed E-state index contributed by atoms with van der Waals surface area (Å²) in [7, 11) is 0. The summed E-state index contributed by atoms with van der Waals surface area (Å²) in [6, 6.07) is 5.84. The van der Waals surface area contributed by atoms with Crippen molar-refractivity contribution in [3.8, 4) is 0 Å². The predicted octanol–water partition coefficient (Wildman–Crippen LogP) is 4.85. The Balaban J connectivity index is 1.52. The highest BCUT2D eigenvalue weighted by molar-refractivity contribution is 8.00. The van der Waals surface area contributed by atoms with E-state index in [1.165, 1.54) is 49.9 Å². The summed E-state index contributed by atoms with van der Waals surface area (Å²) < 4.78 is 0. The lowest BCUT2D eigenvalue weighted by molar-refractivity contribution is -0.384. The Hall–Kier alpha value is -2.09. The van der Waals surface area contributed by atoms with Gasteiger partial charge in [-0.15, -0.1) is 11.8 Å². The zero-order valence-corrected chi connectivity index (χ0v) is 19.2. The number of carbonyl (C=O) groups is 2. The summed E-state index contributed by atoms with van der Waals surface area (Å²) in [5.41, 5.74) is 0.466. The van der Waals surface area contributed by atoms with Gasteiger partial charge in [-0.1, -0.05) is 39.0 Å². The molecule has 170 valence electrons. The first kappa shape index (κ1) is 23.6. The second kappa shape index (κ2) is 11.0. The van der Waals surface area contributed by atoms with Crippen molar-refractivity contribution in [2.75, 3.05) is 25.4 Å². The first-order chi connectivity index (χ1) is 15.0. The molecule has 7 nitrogen and oxygen atoms in total. The number of nitro benzene ring substituents is 1. The Morgan fingerprint density at radius 1 is 1.03 bits per heavy atom. The van der Waals surface area contributed by atoms with Crippen LogP contribution in [0.15, 0.2) is 24.3 Å². The van der Waals surface area contributed by atoms with Crippen molar-refractivity contribution in [3.63, 3.8) is 0 Å². The Morgan fingerprint density at radius 3 is 2.32 bits per heavy atom. The molecule has 31 heavy (non-hydrogen) atoms. The minimum absolute atomic E-state index is 0.0146. The number of nitrogens with zero attached hydrogens (tertiary/aromatic N) is 3. The molecule has 0 radical (unpaired) electrons. The first-order valence-electron chi connectivity index (χ1n) is 11.4. The number of benzene rings is 1. The minimum Gasteiger partial charge on any atom is -0.342 e. The molecule has 0 bridgehead atoms. The van der Waals surface area contributed by atoms with Crippen LogP contribution in [0.25, 0.3) is 0 Å². The fourth-order valence-corrected chi connectivity index (χ4v) is 5.97. The number of piperidine rings is 1. The number of likely N-dealkylation sites (tertiary alicyclic amines) is 1. The average molecular weight is 448 g/mol. The third-order valence-corrected chi connectivity index (χ3v) is 7.94. The van der Waals surface area contributed by atoms with Crippen molar-refractivity contribution in [3.05, 3.63) is 39.9 Å². The van der Waals surface area contributed by atoms with Gasteiger partial charge in [-0.3, -0.25) is 19.7 Å². The summed E-state index contributed by atoms with van der Waals surface area (Å²) >= 11 is 1.81. The van der Waals surface area contributed by atoms with Gasteiger partial charge in [0.1, 0.15) is 0 Å². The van der Waals surface area contributed by atoms with E-state index in [4.69, 9.17) is 0 Å². The number of carbonyl (C=O) groups excluding carboxylic acids is 2. The molecule has 2 fully saturated rings. The highest BCUT2D eigenvalue weighted by atomic mass is 32.2. The molecule has 1 spiro atoms. The lowest BCUT2D eigenvalue weighted by atomic mass is 10.00. The largest absolute Gasteiger partial charge is 0.342 e. The Bertz CT molecular complexity index is 776. The maximum absolute atomic E-state index is 13.1. The third-order valence-electron chi connectivity index (χ3n) is 6.39. The highest BCUT2D eigenvalue weighted by Crippen LogP contribution is 2.44. The molecule has 0 aromatic heterocycles. The lowest BCUT2D eigenvalue weighted by Gasteiger charge is -2.44. The van der Waals surface area contributed by atoms with Gasteiger partial charge in [-0.25, -0.2) is 0 Å². The molecule has 1 aromatic rings. The second-order valence-electron chi connectivity index (χ2n) is 8.45. The van der Waals surface area contributed by atoms with Gasteiger partial charge >= 0.3 is 0 Å². The van der Waals surface area contributed by atoms with E-state index in [-0.39, 0.29) is 22.4 Å². The number of amides is 2. The van der Waals surface area contributed by atoms with E-state index in [2.05, 4.69) is 6.92 Å². The van der Waals surface area contributed by atoms with Crippen LogP contribution in [0.2, 0.25) is 0 Å². The molecule has 2 aliphatic heterocycles. The SMILES string of the molecule is CCCCCCCCC(=O)N1CCC2(CC1)SCCN2C(=O)c1ccc([N+](=O)[O-])cc1. The maximum Gasteiger partial charge on any atom is 0.269 e. The summed E-state index contributed by atoms with van der Waals surface area (Å²) in [5, 5.41) is 10.9. The molecule has 3 rings (SSSR count). The number of hydrogen-bond acceptors (Lipinski definition) is 5. The summed E-state index contributed by atoms with van der Waals surface area (Å²) in [4.78, 5) is 39.8. The van der Waals surface area contributed by atoms with Crippen molar-refractivity contribution >= 4 is 29.3 Å². The van der Waals surface area contributed by atoms with Gasteiger partial charge in [-0.05, 0) is 31.4 Å². The fraction of sp³-hybridized carbons (Fsp3) is 0.652. The summed E-state index contributed by atoms with van der Waals surface area (Å²) in [6.45, 7) is 4.25. The quantitative estimate of drug-likeness (QED) is 0.307. The maximum atomic E-state index is 13.1. The Morgan fingerprint density at radius 2 is 1.68 bits per heavy atom. The molecular formula is C23H33N3O4S. The molecule has 0 N–H and O–H groups in total. The molecule has 0 aliphatic carbocycles. The molecule has 0 unspecified atom stereocenters. The Labute approximate surface area is 188 Å². The van der Waals surface area contributed by atoms with Crippen molar-refractivity contribution in [1.82, 2.24) is 9.80 Å². The Kier molecular flexibility index (Phi) is 8.35.